The van der Waals surface area contributed by atoms with Crippen LogP contribution in [0.1, 0.15) is 45.6 Å². The molecule has 1 saturated carbocycles. The second kappa shape index (κ2) is 7.32. The van der Waals surface area contributed by atoms with Crippen LogP contribution in [0.5, 0.6) is 0 Å². The lowest BCUT2D eigenvalue weighted by Gasteiger charge is -2.21. The van der Waals surface area contributed by atoms with E-state index in [2.05, 4.69) is 15.6 Å². The normalized spacial score (nSPS) is 20.6. The number of anilines is 1. The average Bonchev–Trinajstić information content (AvgIpc) is 2.91. The van der Waals surface area contributed by atoms with Crippen molar-refractivity contribution in [1.82, 2.24) is 10.3 Å². The van der Waals surface area contributed by atoms with E-state index in [-0.39, 0.29) is 12.1 Å². The van der Waals surface area contributed by atoms with Crippen molar-refractivity contribution in [3.8, 4) is 6.07 Å². The van der Waals surface area contributed by atoms with Gasteiger partial charge in [0.2, 0.25) is 0 Å². The van der Waals surface area contributed by atoms with Crippen molar-refractivity contribution in [2.24, 2.45) is 5.92 Å². The first-order valence-electron chi connectivity index (χ1n) is 7.95. The predicted molar refractivity (Wildman–Crippen MR) is 87.9 cm³/mol. The molecule has 1 aromatic rings. The van der Waals surface area contributed by atoms with E-state index in [0.29, 0.717) is 11.5 Å². The third kappa shape index (κ3) is 5.78. The Morgan fingerprint density at radius 2 is 2.22 bits per heavy atom. The Bertz CT molecular complexity index is 572. The summed E-state index contributed by atoms with van der Waals surface area (Å²) in [5.41, 5.74) is 0.0864. The van der Waals surface area contributed by atoms with E-state index >= 15 is 0 Å². The number of rotatable bonds is 4. The Kier molecular flexibility index (Phi) is 5.43. The van der Waals surface area contributed by atoms with E-state index in [4.69, 9.17) is 10.00 Å². The first-order valence-corrected chi connectivity index (χ1v) is 7.95. The van der Waals surface area contributed by atoms with E-state index in [9.17, 15) is 4.79 Å². The summed E-state index contributed by atoms with van der Waals surface area (Å²) >= 11 is 0. The monoisotopic (exact) mass is 316 g/mol. The van der Waals surface area contributed by atoms with Gasteiger partial charge in [0, 0.05) is 18.8 Å². The van der Waals surface area contributed by atoms with Gasteiger partial charge in [-0.15, -0.1) is 0 Å². The van der Waals surface area contributed by atoms with Crippen LogP contribution in [-0.4, -0.2) is 29.3 Å². The molecule has 0 radical (unpaired) electrons. The molecule has 0 spiro atoms. The molecule has 2 rings (SSSR count). The molecule has 1 aliphatic rings. The predicted octanol–water partition coefficient (Wildman–Crippen LogP) is 3.06. The van der Waals surface area contributed by atoms with Crippen LogP contribution < -0.4 is 10.6 Å². The number of carbonyl (C=O) groups excluding carboxylic acids is 1. The van der Waals surface area contributed by atoms with Gasteiger partial charge in [0.15, 0.2) is 0 Å². The first-order chi connectivity index (χ1) is 10.9. The lowest BCUT2D eigenvalue weighted by molar-refractivity contribution is 0.0505. The molecule has 1 aromatic heterocycles. The average molecular weight is 316 g/mol. The second-order valence-corrected chi connectivity index (χ2v) is 6.95. The summed E-state index contributed by atoms with van der Waals surface area (Å²) in [5.74, 6) is 1.26. The smallest absolute Gasteiger partial charge is 0.407 e. The topological polar surface area (TPSA) is 87.0 Å². The Morgan fingerprint density at radius 1 is 1.43 bits per heavy atom. The molecule has 124 valence electrons. The Hall–Kier alpha value is -2.29. The maximum Gasteiger partial charge on any atom is 0.407 e. The minimum atomic E-state index is -0.467. The highest BCUT2D eigenvalue weighted by molar-refractivity contribution is 5.68. The van der Waals surface area contributed by atoms with Crippen molar-refractivity contribution in [2.45, 2.75) is 51.7 Å². The number of carbonyl (C=O) groups is 1. The quantitative estimate of drug-likeness (QED) is 0.891. The van der Waals surface area contributed by atoms with Crippen LogP contribution in [0.15, 0.2) is 18.3 Å². The fraction of sp³-hybridized carbons (Fsp3) is 0.588. The number of alkyl carbamates (subject to hydrolysis) is 1. The molecule has 1 amide bonds. The van der Waals surface area contributed by atoms with Gasteiger partial charge in [0.05, 0.1) is 5.56 Å². The van der Waals surface area contributed by atoms with Crippen molar-refractivity contribution in [1.29, 1.82) is 5.26 Å². The molecule has 6 heteroatoms. The lowest BCUT2D eigenvalue weighted by atomic mass is 10.1. The van der Waals surface area contributed by atoms with Crippen LogP contribution in [0.3, 0.4) is 0 Å². The summed E-state index contributed by atoms with van der Waals surface area (Å²) in [6.07, 6.45) is 4.17. The third-order valence-corrected chi connectivity index (χ3v) is 3.73. The third-order valence-electron chi connectivity index (χ3n) is 3.73. The minimum absolute atomic E-state index is 0.172. The van der Waals surface area contributed by atoms with E-state index < -0.39 is 5.60 Å². The van der Waals surface area contributed by atoms with Crippen molar-refractivity contribution < 1.29 is 9.53 Å². The number of hydrogen-bond acceptors (Lipinski definition) is 5. The number of amides is 1. The van der Waals surface area contributed by atoms with Crippen LogP contribution in [0.2, 0.25) is 0 Å². The Balaban J connectivity index is 1.73. The molecule has 1 heterocycles. The van der Waals surface area contributed by atoms with Crippen LogP contribution in [0.25, 0.3) is 0 Å². The van der Waals surface area contributed by atoms with E-state index in [1.807, 2.05) is 32.9 Å². The number of nitrogens with zero attached hydrogens (tertiary/aromatic N) is 2. The molecular formula is C17H24N4O2. The molecule has 0 saturated heterocycles. The van der Waals surface area contributed by atoms with Gasteiger partial charge < -0.3 is 15.4 Å². The molecule has 2 atom stereocenters. The van der Waals surface area contributed by atoms with Crippen molar-refractivity contribution >= 4 is 11.9 Å². The molecule has 6 nitrogen and oxygen atoms in total. The molecule has 0 unspecified atom stereocenters. The summed E-state index contributed by atoms with van der Waals surface area (Å²) in [5, 5.41) is 15.0. The summed E-state index contributed by atoms with van der Waals surface area (Å²) < 4.78 is 5.28. The molecule has 1 aliphatic carbocycles. The zero-order valence-corrected chi connectivity index (χ0v) is 13.9. The molecule has 0 bridgehead atoms. The Morgan fingerprint density at radius 3 is 2.83 bits per heavy atom. The van der Waals surface area contributed by atoms with Gasteiger partial charge in [0.1, 0.15) is 17.5 Å². The lowest BCUT2D eigenvalue weighted by Crippen LogP contribution is -2.38. The molecule has 2 N–H and O–H groups in total. The molecule has 23 heavy (non-hydrogen) atoms. The van der Waals surface area contributed by atoms with Gasteiger partial charge in [-0.3, -0.25) is 0 Å². The number of pyridine rings is 1. The van der Waals surface area contributed by atoms with Crippen LogP contribution in [0.4, 0.5) is 10.6 Å². The maximum absolute atomic E-state index is 11.8. The van der Waals surface area contributed by atoms with Gasteiger partial charge in [-0.2, -0.15) is 5.26 Å². The van der Waals surface area contributed by atoms with Gasteiger partial charge in [-0.05, 0) is 58.1 Å². The standard InChI is InChI=1S/C17H24N4O2/c1-17(2,3)23-16(22)21-14-6-4-12(8-14)10-19-15-7-5-13(9-18)11-20-15/h5,7,11-12,14H,4,6,8,10H2,1-3H3,(H,19,20)(H,21,22)/t12-,14+/m1/s1. The van der Waals surface area contributed by atoms with Crippen LogP contribution >= 0.6 is 0 Å². The fourth-order valence-corrected chi connectivity index (χ4v) is 2.68. The summed E-state index contributed by atoms with van der Waals surface area (Å²) in [7, 11) is 0. The molecule has 0 aliphatic heterocycles. The largest absolute Gasteiger partial charge is 0.444 e. The SMILES string of the molecule is CC(C)(C)OC(=O)N[C@H]1CC[C@@H](CNc2ccc(C#N)cn2)C1. The number of aromatic nitrogens is 1. The minimum Gasteiger partial charge on any atom is -0.444 e. The van der Waals surface area contributed by atoms with Gasteiger partial charge in [0.25, 0.3) is 0 Å². The number of hydrogen-bond donors (Lipinski definition) is 2. The van der Waals surface area contributed by atoms with E-state index in [1.54, 1.807) is 12.3 Å². The zero-order chi connectivity index (χ0) is 16.9. The number of nitriles is 1. The highest BCUT2D eigenvalue weighted by Gasteiger charge is 2.27. The summed E-state index contributed by atoms with van der Waals surface area (Å²) in [4.78, 5) is 16.0. The second-order valence-electron chi connectivity index (χ2n) is 6.95. The number of nitrogens with one attached hydrogen (secondary N) is 2. The van der Waals surface area contributed by atoms with Gasteiger partial charge >= 0.3 is 6.09 Å². The van der Waals surface area contributed by atoms with Crippen molar-refractivity contribution in [3.05, 3.63) is 23.9 Å². The Labute approximate surface area is 137 Å². The zero-order valence-electron chi connectivity index (χ0n) is 13.9. The molecular weight excluding hydrogens is 292 g/mol. The first kappa shape index (κ1) is 17.1. The maximum atomic E-state index is 11.8. The van der Waals surface area contributed by atoms with Crippen LogP contribution in [-0.2, 0) is 4.74 Å². The molecule has 1 fully saturated rings. The number of ether oxygens (including phenoxy) is 1. The van der Waals surface area contributed by atoms with Crippen LogP contribution in [0, 0.1) is 17.2 Å². The highest BCUT2D eigenvalue weighted by atomic mass is 16.6. The highest BCUT2D eigenvalue weighted by Crippen LogP contribution is 2.26. The van der Waals surface area contributed by atoms with Gasteiger partial charge in [-0.25, -0.2) is 9.78 Å². The summed E-state index contributed by atoms with van der Waals surface area (Å²) in [6.45, 7) is 6.39. The summed E-state index contributed by atoms with van der Waals surface area (Å²) in [6, 6.07) is 5.78. The fourth-order valence-electron chi connectivity index (χ4n) is 2.68. The van der Waals surface area contributed by atoms with Crippen molar-refractivity contribution in [2.75, 3.05) is 11.9 Å². The van der Waals surface area contributed by atoms with Gasteiger partial charge in [-0.1, -0.05) is 0 Å². The van der Waals surface area contributed by atoms with E-state index in [0.717, 1.165) is 31.6 Å². The van der Waals surface area contributed by atoms with E-state index in [1.165, 1.54) is 0 Å². The molecule has 0 aromatic carbocycles. The van der Waals surface area contributed by atoms with Crippen molar-refractivity contribution in [3.63, 3.8) is 0 Å².